The average molecular weight is 1400 g/mol. The van der Waals surface area contributed by atoms with Crippen molar-refractivity contribution in [1.82, 2.24) is 5.32 Å². The van der Waals surface area contributed by atoms with Gasteiger partial charge in [0, 0.05) is 6.42 Å². The highest BCUT2D eigenvalue weighted by Crippen LogP contribution is 2.30. The number of ether oxygens (including phenoxy) is 4. The summed E-state index contributed by atoms with van der Waals surface area (Å²) in [5.41, 5.74) is 0. The van der Waals surface area contributed by atoms with Crippen LogP contribution in [0.5, 0.6) is 0 Å². The number of amides is 1. The molecule has 14 heteroatoms. The molecule has 14 nitrogen and oxygen atoms in total. The van der Waals surface area contributed by atoms with E-state index in [9.17, 15) is 45.6 Å². The van der Waals surface area contributed by atoms with Gasteiger partial charge in [0.15, 0.2) is 12.6 Å². The number of hydrogen-bond donors (Lipinski definition) is 9. The maximum absolute atomic E-state index is 13.4. The van der Waals surface area contributed by atoms with E-state index in [2.05, 4.69) is 141 Å². The standard InChI is InChI=1S/C86H147NO13/c1-3-5-7-9-11-13-15-17-19-21-23-25-27-29-30-31-32-33-34-35-36-37-38-39-40-41-42-43-44-46-48-50-52-54-56-58-60-62-64-66-68-70-78(91)87-74(73-97-85-83(96)81(94)84(77(72-89)99-85)100-86-82(95)80(93)79(92)76(71-88)98-86)75(90)69-67-65-63-61-59-57-55-53-51-49-47-45-28-26-24-22-20-18-16-14-12-10-8-6-4-2/h5,7,11,13,17,19,23,25,29-30,32-33,35-36,38-39,41-42,59,61,67,69,74-77,79-86,88-90,92-96H,3-4,6,8-10,12,14-16,18,20-22,24,26-28,31,34,37,40,43-58,60,62-66,68,70-73H2,1-2H3,(H,87,91)/b7-5-,13-11-,19-17-,25-23-,30-29-,33-32-,36-35-,39-38-,42-41-,61-59+,69-67+. The highest BCUT2D eigenvalue weighted by molar-refractivity contribution is 5.76. The van der Waals surface area contributed by atoms with Crippen LogP contribution in [0.25, 0.3) is 0 Å². The van der Waals surface area contributed by atoms with E-state index in [4.69, 9.17) is 18.9 Å². The van der Waals surface area contributed by atoms with Gasteiger partial charge in [0.25, 0.3) is 0 Å². The fraction of sp³-hybridized carbons (Fsp3) is 0.733. The SMILES string of the molecule is CC/C=C\C/C=C\C/C=C\C/C=C\C/C=C\C/C=C\C/C=C\C/C=C\C/C=C\CCCCCCCCCCCCCCCC(=O)NC(COC1OC(CO)C(OC2OC(CO)C(O)C(O)C2O)C(O)C1O)C(O)/C=C/CC/C=C/CCCCCCCCCCCCCCCCCCCCC. The maximum Gasteiger partial charge on any atom is 0.220 e. The summed E-state index contributed by atoms with van der Waals surface area (Å²) in [7, 11) is 0. The molecule has 2 aliphatic heterocycles. The van der Waals surface area contributed by atoms with Crippen LogP contribution < -0.4 is 5.32 Å². The third-order valence-electron chi connectivity index (χ3n) is 18.8. The van der Waals surface area contributed by atoms with Crippen molar-refractivity contribution in [3.8, 4) is 0 Å². The second kappa shape index (κ2) is 68.3. The van der Waals surface area contributed by atoms with E-state index in [1.54, 1.807) is 6.08 Å². The second-order valence-corrected chi connectivity index (χ2v) is 27.8. The summed E-state index contributed by atoms with van der Waals surface area (Å²) in [5, 5.41) is 87.6. The van der Waals surface area contributed by atoms with Crippen LogP contribution in [0.2, 0.25) is 0 Å². The molecular formula is C86H147NO13. The van der Waals surface area contributed by atoms with Crippen LogP contribution >= 0.6 is 0 Å². The third kappa shape index (κ3) is 50.5. The summed E-state index contributed by atoms with van der Waals surface area (Å²) in [6.45, 7) is 2.69. The minimum absolute atomic E-state index is 0.252. The molecule has 0 bridgehead atoms. The molecule has 12 atom stereocenters. The molecule has 0 spiro atoms. The Kier molecular flexibility index (Phi) is 62.9. The van der Waals surface area contributed by atoms with Crippen molar-refractivity contribution >= 4 is 5.91 Å². The zero-order valence-electron chi connectivity index (χ0n) is 62.9. The Balaban J connectivity index is 1.62. The molecule has 0 aromatic carbocycles. The van der Waals surface area contributed by atoms with Crippen LogP contribution in [0.1, 0.15) is 309 Å². The molecule has 0 saturated carbocycles. The molecule has 574 valence electrons. The molecule has 2 saturated heterocycles. The predicted octanol–water partition coefficient (Wildman–Crippen LogP) is 18.6. The Morgan fingerprint density at radius 1 is 0.370 bits per heavy atom. The zero-order valence-corrected chi connectivity index (χ0v) is 62.9. The van der Waals surface area contributed by atoms with E-state index in [0.717, 1.165) is 96.3 Å². The number of nitrogens with one attached hydrogen (secondary N) is 1. The average Bonchev–Trinajstić information content (AvgIpc) is 0.791. The zero-order chi connectivity index (χ0) is 72.2. The van der Waals surface area contributed by atoms with Gasteiger partial charge in [-0.2, -0.15) is 0 Å². The van der Waals surface area contributed by atoms with Crippen LogP contribution in [0.3, 0.4) is 0 Å². The van der Waals surface area contributed by atoms with E-state index in [1.807, 2.05) is 6.08 Å². The van der Waals surface area contributed by atoms with Gasteiger partial charge in [-0.3, -0.25) is 4.79 Å². The van der Waals surface area contributed by atoms with Crippen molar-refractivity contribution in [3.63, 3.8) is 0 Å². The van der Waals surface area contributed by atoms with Gasteiger partial charge >= 0.3 is 0 Å². The van der Waals surface area contributed by atoms with Crippen molar-refractivity contribution in [2.45, 2.75) is 383 Å². The summed E-state index contributed by atoms with van der Waals surface area (Å²) >= 11 is 0. The maximum atomic E-state index is 13.4. The Morgan fingerprint density at radius 2 is 0.700 bits per heavy atom. The van der Waals surface area contributed by atoms with Gasteiger partial charge in [0.1, 0.15) is 48.8 Å². The number of carbonyl (C=O) groups excluding carboxylic acids is 1. The Morgan fingerprint density at radius 3 is 1.10 bits per heavy atom. The molecule has 2 fully saturated rings. The second-order valence-electron chi connectivity index (χ2n) is 27.8. The van der Waals surface area contributed by atoms with Crippen molar-refractivity contribution in [3.05, 3.63) is 134 Å². The monoisotopic (exact) mass is 1400 g/mol. The van der Waals surface area contributed by atoms with Crippen LogP contribution in [0.4, 0.5) is 0 Å². The van der Waals surface area contributed by atoms with Crippen molar-refractivity contribution in [2.75, 3.05) is 19.8 Å². The lowest BCUT2D eigenvalue weighted by Gasteiger charge is -2.46. The van der Waals surface area contributed by atoms with E-state index < -0.39 is 86.8 Å². The number of aliphatic hydroxyl groups excluding tert-OH is 8. The van der Waals surface area contributed by atoms with Gasteiger partial charge in [-0.15, -0.1) is 0 Å². The van der Waals surface area contributed by atoms with Gasteiger partial charge < -0.3 is 65.1 Å². The summed E-state index contributed by atoms with van der Waals surface area (Å²) in [4.78, 5) is 13.4. The van der Waals surface area contributed by atoms with Crippen molar-refractivity contribution in [1.29, 1.82) is 0 Å². The smallest absolute Gasteiger partial charge is 0.220 e. The molecule has 1 amide bonds. The highest BCUT2D eigenvalue weighted by atomic mass is 16.7. The van der Waals surface area contributed by atoms with Crippen molar-refractivity contribution < 1.29 is 64.6 Å². The molecular weight excluding hydrogens is 1250 g/mol. The molecule has 2 aliphatic rings. The fourth-order valence-electron chi connectivity index (χ4n) is 12.5. The number of allylic oxidation sites excluding steroid dienone is 21. The number of aliphatic hydroxyl groups is 8. The van der Waals surface area contributed by atoms with Crippen LogP contribution in [0.15, 0.2) is 134 Å². The van der Waals surface area contributed by atoms with E-state index in [1.165, 1.54) is 180 Å². The normalized spacial score (nSPS) is 22.6. The Bertz CT molecular complexity index is 2200. The summed E-state index contributed by atoms with van der Waals surface area (Å²) in [6, 6.07) is -0.942. The molecule has 100 heavy (non-hydrogen) atoms. The van der Waals surface area contributed by atoms with Gasteiger partial charge in [0.2, 0.25) is 5.91 Å². The molecule has 2 rings (SSSR count). The van der Waals surface area contributed by atoms with E-state index in [-0.39, 0.29) is 18.9 Å². The minimum Gasteiger partial charge on any atom is -0.394 e. The van der Waals surface area contributed by atoms with Gasteiger partial charge in [-0.1, -0.05) is 334 Å². The highest BCUT2D eigenvalue weighted by Gasteiger charge is 2.51. The first-order valence-corrected chi connectivity index (χ1v) is 40.4. The van der Waals surface area contributed by atoms with Crippen LogP contribution in [-0.4, -0.2) is 140 Å². The molecule has 9 N–H and O–H groups in total. The number of carbonyl (C=O) groups is 1. The molecule has 2 heterocycles. The molecule has 12 unspecified atom stereocenters. The summed E-state index contributed by atoms with van der Waals surface area (Å²) in [5.74, 6) is -0.252. The number of rotatable bonds is 66. The number of unbranched alkanes of at least 4 members (excludes halogenated alkanes) is 33. The van der Waals surface area contributed by atoms with Gasteiger partial charge in [-0.25, -0.2) is 0 Å². The predicted molar refractivity (Wildman–Crippen MR) is 415 cm³/mol. The topological polar surface area (TPSA) is 228 Å². The molecule has 0 aliphatic carbocycles. The van der Waals surface area contributed by atoms with E-state index in [0.29, 0.717) is 12.8 Å². The van der Waals surface area contributed by atoms with Crippen LogP contribution in [0, 0.1) is 0 Å². The van der Waals surface area contributed by atoms with Crippen LogP contribution in [-0.2, 0) is 23.7 Å². The number of hydrogen-bond acceptors (Lipinski definition) is 13. The lowest BCUT2D eigenvalue weighted by Crippen LogP contribution is -2.65. The Labute approximate surface area is 609 Å². The lowest BCUT2D eigenvalue weighted by molar-refractivity contribution is -0.359. The summed E-state index contributed by atoms with van der Waals surface area (Å²) < 4.78 is 22.9. The van der Waals surface area contributed by atoms with Gasteiger partial charge in [-0.05, 0) is 103 Å². The van der Waals surface area contributed by atoms with Crippen molar-refractivity contribution in [2.24, 2.45) is 0 Å². The largest absolute Gasteiger partial charge is 0.394 e. The lowest BCUT2D eigenvalue weighted by atomic mass is 9.97. The molecule has 0 aromatic heterocycles. The first-order valence-electron chi connectivity index (χ1n) is 40.4. The quantitative estimate of drug-likeness (QED) is 0.0204. The first-order chi connectivity index (χ1) is 49.1. The molecule has 0 aromatic rings. The first kappa shape index (κ1) is 92.2. The summed E-state index contributed by atoms with van der Waals surface area (Å²) in [6.07, 6.45) is 85.2. The molecule has 0 radical (unpaired) electrons. The van der Waals surface area contributed by atoms with Gasteiger partial charge in [0.05, 0.1) is 32.0 Å². The third-order valence-corrected chi connectivity index (χ3v) is 18.8. The minimum atomic E-state index is -1.80. The Hall–Kier alpha value is -3.87. The van der Waals surface area contributed by atoms with E-state index >= 15 is 0 Å². The fourth-order valence-corrected chi connectivity index (χ4v) is 12.5.